The van der Waals surface area contributed by atoms with Gasteiger partial charge in [0.2, 0.25) is 0 Å². The number of carbonyl (C=O) groups excluding carboxylic acids is 1. The Morgan fingerprint density at radius 1 is 1.80 bits per heavy atom. The molecule has 0 unspecified atom stereocenters. The quantitative estimate of drug-likeness (QED) is 0.592. The Hall–Kier alpha value is -0.790. The number of hydrogen-bond acceptors (Lipinski definition) is 2. The molecule has 2 heteroatoms. The molecule has 0 amide bonds. The Morgan fingerprint density at radius 3 is 3.00 bits per heavy atom. The van der Waals surface area contributed by atoms with Crippen LogP contribution in [-0.4, -0.2) is 11.8 Å². The van der Waals surface area contributed by atoms with Crippen molar-refractivity contribution in [2.75, 3.05) is 0 Å². The van der Waals surface area contributed by atoms with E-state index in [1.54, 1.807) is 0 Å². The second-order valence-electron chi connectivity index (χ2n) is 2.72. The van der Waals surface area contributed by atoms with Crippen LogP contribution in [0.5, 0.6) is 0 Å². The molecule has 1 aliphatic heterocycles. The zero-order valence-corrected chi connectivity index (χ0v) is 6.48. The molecule has 0 fully saturated rings. The Labute approximate surface area is 61.3 Å². The number of carbonyl (C=O) groups is 1. The Morgan fingerprint density at radius 2 is 2.50 bits per heavy atom. The van der Waals surface area contributed by atoms with Crippen molar-refractivity contribution in [2.24, 2.45) is 0 Å². The number of ketones is 1. The average Bonchev–Trinajstić information content (AvgIpc) is 1.88. The van der Waals surface area contributed by atoms with E-state index in [1.165, 1.54) is 0 Å². The van der Waals surface area contributed by atoms with Gasteiger partial charge in [0.15, 0.2) is 5.78 Å². The summed E-state index contributed by atoms with van der Waals surface area (Å²) in [6, 6.07) is 0.322. The molecule has 2 nitrogen and oxygen atoms in total. The van der Waals surface area contributed by atoms with E-state index < -0.39 is 0 Å². The van der Waals surface area contributed by atoms with Crippen LogP contribution in [0.3, 0.4) is 0 Å². The first-order valence-electron chi connectivity index (χ1n) is 3.72. The van der Waals surface area contributed by atoms with Gasteiger partial charge in [0.1, 0.15) is 0 Å². The molecule has 0 aromatic carbocycles. The predicted molar refractivity (Wildman–Crippen MR) is 40.6 cm³/mol. The molecule has 0 bridgehead atoms. The zero-order valence-electron chi connectivity index (χ0n) is 6.48. The van der Waals surface area contributed by atoms with Crippen LogP contribution in [0.25, 0.3) is 0 Å². The molecule has 1 rings (SSSR count). The third-order valence-electron chi connectivity index (χ3n) is 1.77. The van der Waals surface area contributed by atoms with Crippen LogP contribution in [0.1, 0.15) is 26.7 Å². The van der Waals surface area contributed by atoms with Crippen molar-refractivity contribution >= 4 is 5.78 Å². The van der Waals surface area contributed by atoms with Crippen molar-refractivity contribution in [3.63, 3.8) is 0 Å². The van der Waals surface area contributed by atoms with E-state index in [0.29, 0.717) is 18.2 Å². The van der Waals surface area contributed by atoms with Gasteiger partial charge in [0, 0.05) is 24.2 Å². The highest BCUT2D eigenvalue weighted by atomic mass is 16.1. The van der Waals surface area contributed by atoms with Crippen LogP contribution in [0, 0.1) is 0 Å². The first kappa shape index (κ1) is 7.32. The third kappa shape index (κ3) is 1.38. The third-order valence-corrected chi connectivity index (χ3v) is 1.77. The van der Waals surface area contributed by atoms with Gasteiger partial charge in [0.05, 0.1) is 0 Å². The zero-order chi connectivity index (χ0) is 7.56. The summed E-state index contributed by atoms with van der Waals surface area (Å²) in [5, 5.41) is 3.13. The molecule has 1 aliphatic rings. The lowest BCUT2D eigenvalue weighted by atomic mass is 10.0. The lowest BCUT2D eigenvalue weighted by Crippen LogP contribution is -2.30. The SMILES string of the molecule is CCC1=CN[C@@H](C)CC1=O. The first-order valence-corrected chi connectivity index (χ1v) is 3.72. The molecule has 0 saturated heterocycles. The summed E-state index contributed by atoms with van der Waals surface area (Å²) >= 11 is 0. The molecule has 0 radical (unpaired) electrons. The van der Waals surface area contributed by atoms with E-state index in [9.17, 15) is 4.79 Å². The molecular weight excluding hydrogens is 126 g/mol. The predicted octanol–water partition coefficient (Wildman–Crippen LogP) is 1.23. The van der Waals surface area contributed by atoms with Crippen molar-refractivity contribution < 1.29 is 4.79 Å². The molecule has 1 atom stereocenters. The van der Waals surface area contributed by atoms with E-state index in [2.05, 4.69) is 5.32 Å². The maximum absolute atomic E-state index is 11.1. The van der Waals surface area contributed by atoms with E-state index in [0.717, 1.165) is 12.0 Å². The van der Waals surface area contributed by atoms with Crippen molar-refractivity contribution in [1.82, 2.24) is 5.32 Å². The second-order valence-corrected chi connectivity index (χ2v) is 2.72. The summed E-state index contributed by atoms with van der Waals surface area (Å²) in [4.78, 5) is 11.1. The smallest absolute Gasteiger partial charge is 0.162 e. The van der Waals surface area contributed by atoms with Gasteiger partial charge in [-0.1, -0.05) is 6.92 Å². The molecule has 0 aromatic heterocycles. The highest BCUT2D eigenvalue weighted by Gasteiger charge is 2.15. The lowest BCUT2D eigenvalue weighted by Gasteiger charge is -2.18. The normalized spacial score (nSPS) is 25.6. The van der Waals surface area contributed by atoms with Crippen LogP contribution in [0.4, 0.5) is 0 Å². The van der Waals surface area contributed by atoms with Crippen molar-refractivity contribution in [3.8, 4) is 0 Å². The standard InChI is InChI=1S/C8H13NO/c1-3-7-5-9-6(2)4-8(7)10/h5-6,9H,3-4H2,1-2H3/t6-/m0/s1. The summed E-state index contributed by atoms with van der Waals surface area (Å²) in [6.07, 6.45) is 3.34. The molecule has 0 spiro atoms. The minimum absolute atomic E-state index is 0.300. The molecule has 1 N–H and O–H groups in total. The summed E-state index contributed by atoms with van der Waals surface area (Å²) in [5.74, 6) is 0.300. The van der Waals surface area contributed by atoms with Gasteiger partial charge in [-0.15, -0.1) is 0 Å². The lowest BCUT2D eigenvalue weighted by molar-refractivity contribution is -0.116. The fraction of sp³-hybridized carbons (Fsp3) is 0.625. The van der Waals surface area contributed by atoms with Crippen LogP contribution >= 0.6 is 0 Å². The summed E-state index contributed by atoms with van der Waals surface area (Å²) < 4.78 is 0. The van der Waals surface area contributed by atoms with Gasteiger partial charge >= 0.3 is 0 Å². The van der Waals surface area contributed by atoms with Gasteiger partial charge in [-0.05, 0) is 13.3 Å². The molecule has 0 aliphatic carbocycles. The van der Waals surface area contributed by atoms with Crippen LogP contribution < -0.4 is 5.32 Å². The van der Waals surface area contributed by atoms with Gasteiger partial charge in [0.25, 0.3) is 0 Å². The average molecular weight is 139 g/mol. The van der Waals surface area contributed by atoms with Crippen LogP contribution in [-0.2, 0) is 4.79 Å². The minimum atomic E-state index is 0.300. The fourth-order valence-electron chi connectivity index (χ4n) is 1.09. The maximum atomic E-state index is 11.1. The molecule has 56 valence electrons. The number of rotatable bonds is 1. The number of hydrogen-bond donors (Lipinski definition) is 1. The summed E-state index contributed by atoms with van der Waals surface area (Å²) in [6.45, 7) is 4.02. The molecule has 0 saturated carbocycles. The molecular formula is C8H13NO. The molecule has 10 heavy (non-hydrogen) atoms. The highest BCUT2D eigenvalue weighted by Crippen LogP contribution is 2.10. The van der Waals surface area contributed by atoms with E-state index in [4.69, 9.17) is 0 Å². The Balaban J connectivity index is 2.66. The largest absolute Gasteiger partial charge is 0.388 e. The topological polar surface area (TPSA) is 29.1 Å². The number of Topliss-reactive ketones (excluding diaryl/α,β-unsaturated/α-hetero) is 1. The maximum Gasteiger partial charge on any atom is 0.162 e. The summed E-state index contributed by atoms with van der Waals surface area (Å²) in [5.41, 5.74) is 0.929. The number of nitrogens with one attached hydrogen (secondary N) is 1. The van der Waals surface area contributed by atoms with Crippen molar-refractivity contribution in [2.45, 2.75) is 32.7 Å². The highest BCUT2D eigenvalue weighted by molar-refractivity contribution is 5.96. The van der Waals surface area contributed by atoms with Crippen LogP contribution in [0.15, 0.2) is 11.8 Å². The van der Waals surface area contributed by atoms with E-state index in [-0.39, 0.29) is 0 Å². The van der Waals surface area contributed by atoms with Gasteiger partial charge in [-0.2, -0.15) is 0 Å². The van der Waals surface area contributed by atoms with Gasteiger partial charge in [-0.3, -0.25) is 4.79 Å². The Bertz CT molecular complexity index is 172. The first-order chi connectivity index (χ1) is 4.74. The van der Waals surface area contributed by atoms with Gasteiger partial charge < -0.3 is 5.32 Å². The minimum Gasteiger partial charge on any atom is -0.388 e. The molecule has 0 aromatic rings. The Kier molecular flexibility index (Phi) is 2.10. The van der Waals surface area contributed by atoms with Gasteiger partial charge in [-0.25, -0.2) is 0 Å². The number of allylic oxidation sites excluding steroid dienone is 1. The van der Waals surface area contributed by atoms with E-state index >= 15 is 0 Å². The van der Waals surface area contributed by atoms with Crippen molar-refractivity contribution in [1.29, 1.82) is 0 Å². The second kappa shape index (κ2) is 2.86. The van der Waals surface area contributed by atoms with Crippen LogP contribution in [0.2, 0.25) is 0 Å². The fourth-order valence-corrected chi connectivity index (χ4v) is 1.09. The molecule has 1 heterocycles. The monoisotopic (exact) mass is 139 g/mol. The summed E-state index contributed by atoms with van der Waals surface area (Å²) in [7, 11) is 0. The van der Waals surface area contributed by atoms with E-state index in [1.807, 2.05) is 20.0 Å². The van der Waals surface area contributed by atoms with Crippen molar-refractivity contribution in [3.05, 3.63) is 11.8 Å².